The van der Waals surface area contributed by atoms with Gasteiger partial charge in [-0.1, -0.05) is 18.2 Å². The van der Waals surface area contributed by atoms with Crippen LogP contribution in [0.3, 0.4) is 0 Å². The van der Waals surface area contributed by atoms with Crippen molar-refractivity contribution in [2.75, 3.05) is 25.5 Å². The minimum atomic E-state index is -0.672. The lowest BCUT2D eigenvalue weighted by Gasteiger charge is -2.24. The van der Waals surface area contributed by atoms with Crippen LogP contribution in [0.5, 0.6) is 0 Å². The Balaban J connectivity index is 2.61. The molecule has 2 N–H and O–H groups in total. The Hall–Kier alpha value is -2.08. The third kappa shape index (κ3) is 5.71. The molecule has 1 unspecified atom stereocenters. The number of carbonyl (C=O) groups excluding carboxylic acids is 2. The fourth-order valence-electron chi connectivity index (χ4n) is 1.65. The maximum Gasteiger partial charge on any atom is 0.321 e. The van der Waals surface area contributed by atoms with Gasteiger partial charge in [0, 0.05) is 18.8 Å². The van der Waals surface area contributed by atoms with E-state index in [4.69, 9.17) is 0 Å². The molecular formula is C14H20N2O4. The van der Waals surface area contributed by atoms with Crippen molar-refractivity contribution in [1.82, 2.24) is 4.90 Å². The van der Waals surface area contributed by atoms with Crippen molar-refractivity contribution >= 4 is 17.7 Å². The minimum Gasteiger partial charge on any atom is -0.469 e. The van der Waals surface area contributed by atoms with Gasteiger partial charge in [0.1, 0.15) is 0 Å². The molecular weight excluding hydrogens is 260 g/mol. The topological polar surface area (TPSA) is 78.9 Å². The number of urea groups is 1. The minimum absolute atomic E-state index is 0.0887. The van der Waals surface area contributed by atoms with Crippen LogP contribution in [-0.2, 0) is 9.53 Å². The van der Waals surface area contributed by atoms with E-state index in [2.05, 4.69) is 10.1 Å². The Labute approximate surface area is 118 Å². The molecule has 6 nitrogen and oxygen atoms in total. The summed E-state index contributed by atoms with van der Waals surface area (Å²) in [6.45, 7) is 1.92. The van der Waals surface area contributed by atoms with Crippen LogP contribution in [0.1, 0.15) is 13.3 Å². The van der Waals surface area contributed by atoms with Gasteiger partial charge >= 0.3 is 12.0 Å². The van der Waals surface area contributed by atoms with Crippen molar-refractivity contribution < 1.29 is 19.4 Å². The van der Waals surface area contributed by atoms with Crippen LogP contribution in [0, 0.1) is 0 Å². The first kappa shape index (κ1) is 16.0. The van der Waals surface area contributed by atoms with Crippen LogP contribution in [-0.4, -0.2) is 48.3 Å². The molecule has 0 radical (unpaired) electrons. The zero-order valence-corrected chi connectivity index (χ0v) is 11.7. The first-order valence-electron chi connectivity index (χ1n) is 6.38. The average molecular weight is 280 g/mol. The second-order valence-corrected chi connectivity index (χ2v) is 4.42. The number of hydrogen-bond acceptors (Lipinski definition) is 4. The number of methoxy groups -OCH3 is 1. The van der Waals surface area contributed by atoms with E-state index < -0.39 is 12.1 Å². The van der Waals surface area contributed by atoms with E-state index >= 15 is 0 Å². The van der Waals surface area contributed by atoms with Gasteiger partial charge in [-0.15, -0.1) is 0 Å². The molecule has 0 aliphatic carbocycles. The molecule has 0 heterocycles. The molecule has 1 aromatic carbocycles. The smallest absolute Gasteiger partial charge is 0.321 e. The van der Waals surface area contributed by atoms with Gasteiger partial charge in [0.15, 0.2) is 0 Å². The molecule has 0 aromatic heterocycles. The molecule has 1 aromatic rings. The molecule has 0 fully saturated rings. The van der Waals surface area contributed by atoms with Crippen molar-refractivity contribution in [3.05, 3.63) is 30.3 Å². The fourth-order valence-corrected chi connectivity index (χ4v) is 1.65. The van der Waals surface area contributed by atoms with Gasteiger partial charge in [-0.25, -0.2) is 4.79 Å². The maximum atomic E-state index is 12.1. The third-order valence-electron chi connectivity index (χ3n) is 2.61. The van der Waals surface area contributed by atoms with Crippen molar-refractivity contribution in [3.63, 3.8) is 0 Å². The monoisotopic (exact) mass is 280 g/mol. The number of esters is 1. The normalized spacial score (nSPS) is 11.6. The number of aliphatic hydroxyl groups is 1. The lowest BCUT2D eigenvalue weighted by molar-refractivity contribution is -0.140. The van der Waals surface area contributed by atoms with Crippen LogP contribution < -0.4 is 5.32 Å². The summed E-state index contributed by atoms with van der Waals surface area (Å²) in [5, 5.41) is 12.1. The number of anilines is 1. The molecule has 1 atom stereocenters. The molecule has 0 saturated carbocycles. The Morgan fingerprint density at radius 3 is 2.55 bits per heavy atom. The number of benzene rings is 1. The molecule has 0 saturated heterocycles. The number of carbonyl (C=O) groups is 2. The summed E-state index contributed by atoms with van der Waals surface area (Å²) in [4.78, 5) is 24.6. The Kier molecular flexibility index (Phi) is 6.52. The van der Waals surface area contributed by atoms with Crippen LogP contribution >= 0.6 is 0 Å². The van der Waals surface area contributed by atoms with Gasteiger partial charge in [-0.05, 0) is 19.1 Å². The third-order valence-corrected chi connectivity index (χ3v) is 2.61. The second-order valence-electron chi connectivity index (χ2n) is 4.42. The summed E-state index contributed by atoms with van der Waals surface area (Å²) in [7, 11) is 1.30. The van der Waals surface area contributed by atoms with Crippen LogP contribution in [0.15, 0.2) is 30.3 Å². The second kappa shape index (κ2) is 8.16. The highest BCUT2D eigenvalue weighted by atomic mass is 16.5. The summed E-state index contributed by atoms with van der Waals surface area (Å²) < 4.78 is 4.54. The van der Waals surface area contributed by atoms with E-state index in [-0.39, 0.29) is 25.5 Å². The maximum absolute atomic E-state index is 12.1. The molecule has 0 aliphatic rings. The van der Waals surface area contributed by atoms with E-state index in [1.54, 1.807) is 19.1 Å². The summed E-state index contributed by atoms with van der Waals surface area (Å²) >= 11 is 0. The predicted octanol–water partition coefficient (Wildman–Crippen LogP) is 1.46. The van der Waals surface area contributed by atoms with Crippen molar-refractivity contribution in [2.45, 2.75) is 19.4 Å². The molecule has 110 valence electrons. The van der Waals surface area contributed by atoms with Gasteiger partial charge in [0.2, 0.25) is 0 Å². The molecule has 6 heteroatoms. The fraction of sp³-hybridized carbons (Fsp3) is 0.429. The van der Waals surface area contributed by atoms with Crippen LogP contribution in [0.2, 0.25) is 0 Å². The number of para-hydroxylation sites is 1. The highest BCUT2D eigenvalue weighted by Crippen LogP contribution is 2.07. The summed E-state index contributed by atoms with van der Waals surface area (Å²) in [6.07, 6.45) is -0.583. The number of hydrogen-bond donors (Lipinski definition) is 2. The molecule has 0 bridgehead atoms. The van der Waals surface area contributed by atoms with Gasteiger partial charge in [0.25, 0.3) is 0 Å². The number of nitrogens with one attached hydrogen (secondary N) is 1. The first-order chi connectivity index (χ1) is 9.52. The average Bonchev–Trinajstić information content (AvgIpc) is 2.43. The molecule has 1 rings (SSSR count). The SMILES string of the molecule is COC(=O)CCN(CC(C)O)C(=O)Nc1ccccc1. The standard InChI is InChI=1S/C14H20N2O4/c1-11(17)10-16(9-8-13(18)20-2)14(19)15-12-6-4-3-5-7-12/h3-7,11,17H,8-10H2,1-2H3,(H,15,19). The van der Waals surface area contributed by atoms with Crippen LogP contribution in [0.25, 0.3) is 0 Å². The van der Waals surface area contributed by atoms with E-state index in [0.717, 1.165) is 0 Å². The number of aliphatic hydroxyl groups excluding tert-OH is 1. The highest BCUT2D eigenvalue weighted by molar-refractivity contribution is 5.89. The lowest BCUT2D eigenvalue weighted by Crippen LogP contribution is -2.40. The zero-order chi connectivity index (χ0) is 15.0. The number of nitrogens with zero attached hydrogens (tertiary/aromatic N) is 1. The molecule has 20 heavy (non-hydrogen) atoms. The zero-order valence-electron chi connectivity index (χ0n) is 11.7. The summed E-state index contributed by atoms with van der Waals surface area (Å²) in [5.74, 6) is -0.395. The Morgan fingerprint density at radius 2 is 2.00 bits per heavy atom. The number of ether oxygens (including phenoxy) is 1. The molecule has 2 amide bonds. The summed E-state index contributed by atoms with van der Waals surface area (Å²) in [6, 6.07) is 8.63. The predicted molar refractivity (Wildman–Crippen MR) is 75.3 cm³/mol. The Morgan fingerprint density at radius 1 is 1.35 bits per heavy atom. The lowest BCUT2D eigenvalue weighted by atomic mass is 10.3. The van der Waals surface area contributed by atoms with Crippen molar-refractivity contribution in [2.24, 2.45) is 0 Å². The quantitative estimate of drug-likeness (QED) is 0.773. The van der Waals surface area contributed by atoms with E-state index in [9.17, 15) is 14.7 Å². The van der Waals surface area contributed by atoms with Gasteiger partial charge in [0.05, 0.1) is 19.6 Å². The van der Waals surface area contributed by atoms with Crippen molar-refractivity contribution in [3.8, 4) is 0 Å². The van der Waals surface area contributed by atoms with E-state index in [0.29, 0.717) is 5.69 Å². The highest BCUT2D eigenvalue weighted by Gasteiger charge is 2.17. The number of rotatable bonds is 6. The van der Waals surface area contributed by atoms with Gasteiger partial charge < -0.3 is 20.1 Å². The molecule has 0 spiro atoms. The number of amides is 2. The van der Waals surface area contributed by atoms with Gasteiger partial charge in [-0.3, -0.25) is 4.79 Å². The van der Waals surface area contributed by atoms with E-state index in [1.165, 1.54) is 12.0 Å². The van der Waals surface area contributed by atoms with E-state index in [1.807, 2.05) is 18.2 Å². The largest absolute Gasteiger partial charge is 0.469 e. The Bertz CT molecular complexity index is 434. The van der Waals surface area contributed by atoms with Gasteiger partial charge in [-0.2, -0.15) is 0 Å². The van der Waals surface area contributed by atoms with Crippen molar-refractivity contribution in [1.29, 1.82) is 0 Å². The summed E-state index contributed by atoms with van der Waals surface area (Å²) in [5.41, 5.74) is 0.658. The first-order valence-corrected chi connectivity index (χ1v) is 6.38. The van der Waals surface area contributed by atoms with Crippen LogP contribution in [0.4, 0.5) is 10.5 Å². The molecule has 0 aliphatic heterocycles.